The zero-order valence-corrected chi connectivity index (χ0v) is 11.9. The van der Waals surface area contributed by atoms with Gasteiger partial charge in [-0.3, -0.25) is 19.4 Å². The van der Waals surface area contributed by atoms with E-state index in [9.17, 15) is 9.59 Å². The second-order valence-electron chi connectivity index (χ2n) is 5.19. The van der Waals surface area contributed by atoms with E-state index in [0.29, 0.717) is 23.1 Å². The number of nitrogens with one attached hydrogen (secondary N) is 2. The van der Waals surface area contributed by atoms with Gasteiger partial charge in [0.1, 0.15) is 5.82 Å². The fourth-order valence-electron chi connectivity index (χ4n) is 2.18. The molecule has 100 valence electrons. The number of anilines is 1. The number of rotatable bonds is 2. The number of amides is 1. The highest BCUT2D eigenvalue weighted by Gasteiger charge is 2.31. The zero-order chi connectivity index (χ0) is 13.4. The molecule has 0 unspecified atom stereocenters. The van der Waals surface area contributed by atoms with Crippen LogP contribution in [0.1, 0.15) is 44.6 Å². The lowest BCUT2D eigenvalue weighted by atomic mass is 10.0. The van der Waals surface area contributed by atoms with E-state index in [2.05, 4.69) is 24.3 Å². The topological polar surface area (TPSA) is 66.9 Å². The summed E-state index contributed by atoms with van der Waals surface area (Å²) < 4.78 is 1.75. The smallest absolute Gasteiger partial charge is 0.270 e. The number of thioether (sulfide) groups is 1. The zero-order valence-electron chi connectivity index (χ0n) is 11.1. The number of fused-ring (bicyclic) bond motifs is 1. The third kappa shape index (κ3) is 2.21. The van der Waals surface area contributed by atoms with Gasteiger partial charge in [0.15, 0.2) is 0 Å². The maximum Gasteiger partial charge on any atom is 0.270 e. The predicted molar refractivity (Wildman–Crippen MR) is 74.1 cm³/mol. The maximum atomic E-state index is 12.1. The lowest BCUT2D eigenvalue weighted by molar-refractivity contribution is -0.113. The van der Waals surface area contributed by atoms with Crippen LogP contribution in [-0.4, -0.2) is 21.4 Å². The summed E-state index contributed by atoms with van der Waals surface area (Å²) in [7, 11) is 0. The highest BCUT2D eigenvalue weighted by atomic mass is 32.2. The van der Waals surface area contributed by atoms with Gasteiger partial charge in [-0.1, -0.05) is 13.8 Å². The Hall–Kier alpha value is -1.17. The van der Waals surface area contributed by atoms with Crippen LogP contribution in [0.5, 0.6) is 0 Å². The van der Waals surface area contributed by atoms with Gasteiger partial charge in [-0.05, 0) is 19.8 Å². The van der Waals surface area contributed by atoms with E-state index in [4.69, 9.17) is 0 Å². The van der Waals surface area contributed by atoms with Gasteiger partial charge in [-0.25, -0.2) is 0 Å². The number of carbonyl (C=O) groups excluding carboxylic acids is 1. The third-order valence-corrected chi connectivity index (χ3v) is 4.59. The Balaban J connectivity index is 2.60. The molecule has 2 heterocycles. The standard InChI is InChI=1S/C12H19N3O2S/c1-6(2)10-9-11(13-8(16)5-18-10)15(7(3)4)14-12(9)17/h6-7,10H,5H2,1-4H3,(H,13,16)(H,14,17)/t10-/m0/s1. The summed E-state index contributed by atoms with van der Waals surface area (Å²) in [5.74, 6) is 1.31. The van der Waals surface area contributed by atoms with Crippen molar-refractivity contribution < 1.29 is 4.79 Å². The monoisotopic (exact) mass is 269 g/mol. The van der Waals surface area contributed by atoms with E-state index >= 15 is 0 Å². The minimum atomic E-state index is -0.0906. The molecule has 0 bridgehead atoms. The molecule has 1 aliphatic rings. The van der Waals surface area contributed by atoms with Gasteiger partial charge in [0, 0.05) is 11.3 Å². The van der Waals surface area contributed by atoms with Gasteiger partial charge in [-0.15, -0.1) is 11.8 Å². The summed E-state index contributed by atoms with van der Waals surface area (Å²) in [6.07, 6.45) is 0. The third-order valence-electron chi connectivity index (χ3n) is 3.02. The van der Waals surface area contributed by atoms with Crippen molar-refractivity contribution in [1.82, 2.24) is 9.78 Å². The Labute approximate surface area is 110 Å². The van der Waals surface area contributed by atoms with Crippen LogP contribution in [0.2, 0.25) is 0 Å². The molecule has 1 amide bonds. The number of hydrogen-bond acceptors (Lipinski definition) is 3. The second kappa shape index (κ2) is 4.84. The number of aromatic nitrogens is 2. The minimum Gasteiger partial charge on any atom is -0.310 e. The first-order valence-corrected chi connectivity index (χ1v) is 7.22. The van der Waals surface area contributed by atoms with E-state index in [1.165, 1.54) is 11.8 Å². The van der Waals surface area contributed by atoms with Crippen LogP contribution < -0.4 is 10.9 Å². The number of aromatic amines is 1. The Kier molecular flexibility index (Phi) is 3.56. The Bertz CT molecular complexity index is 516. The number of nitrogens with zero attached hydrogens (tertiary/aromatic N) is 1. The number of carbonyl (C=O) groups is 1. The molecule has 18 heavy (non-hydrogen) atoms. The predicted octanol–water partition coefficient (Wildman–Crippen LogP) is 2.14. The van der Waals surface area contributed by atoms with Crippen LogP contribution in [0.25, 0.3) is 0 Å². The normalized spacial score (nSPS) is 19.9. The van der Waals surface area contributed by atoms with Crippen molar-refractivity contribution in [3.8, 4) is 0 Å². The lowest BCUT2D eigenvalue weighted by Gasteiger charge is -2.17. The molecule has 0 spiro atoms. The average molecular weight is 269 g/mol. The molecule has 2 rings (SSSR count). The van der Waals surface area contributed by atoms with Crippen molar-refractivity contribution in [3.63, 3.8) is 0 Å². The van der Waals surface area contributed by atoms with Crippen LogP contribution in [0.15, 0.2) is 4.79 Å². The number of H-pyrrole nitrogens is 1. The molecule has 0 aromatic carbocycles. The first-order chi connectivity index (χ1) is 8.41. The molecular weight excluding hydrogens is 250 g/mol. The Morgan fingerprint density at radius 2 is 1.94 bits per heavy atom. The molecule has 0 saturated carbocycles. The molecule has 1 aliphatic heterocycles. The van der Waals surface area contributed by atoms with Gasteiger partial charge in [0.2, 0.25) is 5.91 Å². The van der Waals surface area contributed by atoms with Crippen molar-refractivity contribution in [2.45, 2.75) is 39.0 Å². The largest absolute Gasteiger partial charge is 0.310 e. The first kappa shape index (κ1) is 13.3. The summed E-state index contributed by atoms with van der Waals surface area (Å²) >= 11 is 1.54. The van der Waals surface area contributed by atoms with E-state index in [1.807, 2.05) is 13.8 Å². The minimum absolute atomic E-state index is 0.0437. The Morgan fingerprint density at radius 1 is 1.28 bits per heavy atom. The van der Waals surface area contributed by atoms with Crippen molar-refractivity contribution in [3.05, 3.63) is 15.9 Å². The molecule has 1 aromatic heterocycles. The van der Waals surface area contributed by atoms with Crippen molar-refractivity contribution in [2.75, 3.05) is 11.1 Å². The highest BCUT2D eigenvalue weighted by Crippen LogP contribution is 2.40. The summed E-state index contributed by atoms with van der Waals surface area (Å²) in [4.78, 5) is 23.9. The Morgan fingerprint density at radius 3 is 2.50 bits per heavy atom. The van der Waals surface area contributed by atoms with Crippen LogP contribution >= 0.6 is 11.8 Å². The van der Waals surface area contributed by atoms with Gasteiger partial charge < -0.3 is 5.32 Å². The fraction of sp³-hybridized carbons (Fsp3) is 0.667. The fourth-order valence-corrected chi connectivity index (χ4v) is 3.36. The molecule has 6 heteroatoms. The van der Waals surface area contributed by atoms with Crippen molar-refractivity contribution in [1.29, 1.82) is 0 Å². The molecule has 1 atom stereocenters. The first-order valence-electron chi connectivity index (χ1n) is 6.17. The quantitative estimate of drug-likeness (QED) is 0.864. The maximum absolute atomic E-state index is 12.1. The van der Waals surface area contributed by atoms with Crippen molar-refractivity contribution in [2.24, 2.45) is 5.92 Å². The molecule has 2 N–H and O–H groups in total. The molecule has 0 saturated heterocycles. The molecule has 0 fully saturated rings. The summed E-state index contributed by atoms with van der Waals surface area (Å²) in [6, 6.07) is 0.109. The highest BCUT2D eigenvalue weighted by molar-refractivity contribution is 8.00. The van der Waals surface area contributed by atoms with E-state index < -0.39 is 0 Å². The van der Waals surface area contributed by atoms with Gasteiger partial charge in [0.05, 0.1) is 11.3 Å². The van der Waals surface area contributed by atoms with Crippen LogP contribution in [-0.2, 0) is 4.79 Å². The van der Waals surface area contributed by atoms with E-state index in [1.54, 1.807) is 4.68 Å². The van der Waals surface area contributed by atoms with Crippen molar-refractivity contribution >= 4 is 23.5 Å². The summed E-state index contributed by atoms with van der Waals surface area (Å²) in [5, 5.41) is 5.73. The molecule has 0 aliphatic carbocycles. The van der Waals surface area contributed by atoms with Crippen LogP contribution in [0, 0.1) is 5.92 Å². The summed E-state index contributed by atoms with van der Waals surface area (Å²) in [6.45, 7) is 8.10. The molecular formula is C12H19N3O2S. The van der Waals surface area contributed by atoms with E-state index in [-0.39, 0.29) is 22.8 Å². The molecule has 0 radical (unpaired) electrons. The average Bonchev–Trinajstić information content (AvgIpc) is 2.48. The second-order valence-corrected chi connectivity index (χ2v) is 6.32. The molecule has 5 nitrogen and oxygen atoms in total. The van der Waals surface area contributed by atoms with Gasteiger partial charge in [-0.2, -0.15) is 0 Å². The summed E-state index contributed by atoms with van der Waals surface area (Å²) in [5.41, 5.74) is 0.613. The van der Waals surface area contributed by atoms with Gasteiger partial charge >= 0.3 is 0 Å². The van der Waals surface area contributed by atoms with Crippen LogP contribution in [0.4, 0.5) is 5.82 Å². The van der Waals surface area contributed by atoms with Gasteiger partial charge in [0.25, 0.3) is 5.56 Å². The van der Waals surface area contributed by atoms with E-state index in [0.717, 1.165) is 0 Å². The number of hydrogen-bond donors (Lipinski definition) is 2. The SMILES string of the molecule is CC(C)[C@@H]1SCC(=O)Nc2c1c(=O)[nH]n2C(C)C. The lowest BCUT2D eigenvalue weighted by Crippen LogP contribution is -2.17. The molecule has 1 aromatic rings. The van der Waals surface area contributed by atoms with Crippen LogP contribution in [0.3, 0.4) is 0 Å².